The summed E-state index contributed by atoms with van der Waals surface area (Å²) in [5, 5.41) is 4.00. The van der Waals surface area contributed by atoms with Gasteiger partial charge in [0, 0.05) is 48.8 Å². The van der Waals surface area contributed by atoms with Crippen molar-refractivity contribution in [3.63, 3.8) is 0 Å². The van der Waals surface area contributed by atoms with Gasteiger partial charge >= 0.3 is 0 Å². The van der Waals surface area contributed by atoms with Crippen LogP contribution in [0.3, 0.4) is 0 Å². The number of aryl methyl sites for hydroxylation is 1. The summed E-state index contributed by atoms with van der Waals surface area (Å²) < 4.78 is 13.1. The summed E-state index contributed by atoms with van der Waals surface area (Å²) >= 11 is 6.20. The van der Waals surface area contributed by atoms with Gasteiger partial charge in [-0.25, -0.2) is 9.37 Å². The largest absolute Gasteiger partial charge is 0.368 e. The highest BCUT2D eigenvalue weighted by Gasteiger charge is 2.19. The van der Waals surface area contributed by atoms with E-state index >= 15 is 0 Å². The monoisotopic (exact) mass is 397 g/mol. The van der Waals surface area contributed by atoms with Gasteiger partial charge in [0.1, 0.15) is 11.6 Å². The molecule has 1 N–H and O–H groups in total. The van der Waals surface area contributed by atoms with E-state index in [0.29, 0.717) is 5.95 Å². The third kappa shape index (κ3) is 4.17. The van der Waals surface area contributed by atoms with E-state index in [9.17, 15) is 4.39 Å². The van der Waals surface area contributed by atoms with E-state index in [2.05, 4.69) is 25.1 Å². The number of anilines is 4. The van der Waals surface area contributed by atoms with Crippen LogP contribution in [-0.4, -0.2) is 36.1 Å². The topological polar surface area (TPSA) is 44.3 Å². The fourth-order valence-electron chi connectivity index (χ4n) is 3.21. The van der Waals surface area contributed by atoms with Crippen molar-refractivity contribution >= 4 is 34.7 Å². The Morgan fingerprint density at radius 3 is 2.39 bits per heavy atom. The summed E-state index contributed by atoms with van der Waals surface area (Å²) in [7, 11) is 0. The molecule has 0 amide bonds. The first-order valence-electron chi connectivity index (χ1n) is 9.20. The van der Waals surface area contributed by atoms with Crippen LogP contribution >= 0.6 is 11.6 Å². The highest BCUT2D eigenvalue weighted by molar-refractivity contribution is 6.31. The van der Waals surface area contributed by atoms with Gasteiger partial charge in [0.05, 0.1) is 0 Å². The summed E-state index contributed by atoms with van der Waals surface area (Å²) in [6, 6.07) is 14.3. The van der Waals surface area contributed by atoms with Crippen LogP contribution in [0.4, 0.5) is 27.5 Å². The molecular formula is C21H21ClFN5. The number of nitrogens with one attached hydrogen (secondary N) is 1. The van der Waals surface area contributed by atoms with Gasteiger partial charge in [-0.3, -0.25) is 0 Å². The fourth-order valence-corrected chi connectivity index (χ4v) is 3.39. The maximum Gasteiger partial charge on any atom is 0.227 e. The van der Waals surface area contributed by atoms with Crippen molar-refractivity contribution in [1.82, 2.24) is 9.97 Å². The van der Waals surface area contributed by atoms with Gasteiger partial charge in [-0.05, 0) is 55.0 Å². The van der Waals surface area contributed by atoms with Crippen molar-refractivity contribution in [3.8, 4) is 0 Å². The molecule has 0 bridgehead atoms. The average molecular weight is 398 g/mol. The summed E-state index contributed by atoms with van der Waals surface area (Å²) in [4.78, 5) is 13.5. The first kappa shape index (κ1) is 18.5. The van der Waals surface area contributed by atoms with Gasteiger partial charge in [-0.2, -0.15) is 4.98 Å². The third-order valence-corrected chi connectivity index (χ3v) is 5.25. The molecule has 5 nitrogen and oxygen atoms in total. The number of halogens is 2. The van der Waals surface area contributed by atoms with Crippen molar-refractivity contribution < 1.29 is 4.39 Å². The second-order valence-corrected chi connectivity index (χ2v) is 7.19. The van der Waals surface area contributed by atoms with E-state index < -0.39 is 0 Å². The number of hydrogen-bond acceptors (Lipinski definition) is 5. The molecule has 1 saturated heterocycles. The number of benzene rings is 2. The van der Waals surface area contributed by atoms with Crippen molar-refractivity contribution in [2.75, 3.05) is 41.3 Å². The molecule has 0 saturated carbocycles. The maximum absolute atomic E-state index is 13.1. The van der Waals surface area contributed by atoms with Crippen LogP contribution in [0.5, 0.6) is 0 Å². The maximum atomic E-state index is 13.1. The van der Waals surface area contributed by atoms with Crippen molar-refractivity contribution in [2.24, 2.45) is 0 Å². The van der Waals surface area contributed by atoms with Gasteiger partial charge in [-0.15, -0.1) is 0 Å². The minimum absolute atomic E-state index is 0.213. The Morgan fingerprint density at radius 2 is 1.68 bits per heavy atom. The molecule has 0 spiro atoms. The van der Waals surface area contributed by atoms with Gasteiger partial charge in [0.15, 0.2) is 0 Å². The van der Waals surface area contributed by atoms with E-state index in [1.807, 2.05) is 43.3 Å². The van der Waals surface area contributed by atoms with E-state index in [-0.39, 0.29) is 5.82 Å². The molecule has 0 aliphatic carbocycles. The molecule has 144 valence electrons. The Hall–Kier alpha value is -2.86. The highest BCUT2D eigenvalue weighted by Crippen LogP contribution is 2.24. The second-order valence-electron chi connectivity index (χ2n) is 6.78. The zero-order chi connectivity index (χ0) is 19.5. The molecule has 28 heavy (non-hydrogen) atoms. The lowest BCUT2D eigenvalue weighted by molar-refractivity contribution is 0.623. The standard InChI is InChI=1S/C21H21ClFN5/c1-15-2-5-17(14-19(15)22)25-20-8-9-24-21(26-20)28-12-10-27(11-13-28)18-6-3-16(23)4-7-18/h2-9,14H,10-13H2,1H3,(H,24,25,26). The molecule has 2 aromatic carbocycles. The van der Waals surface area contributed by atoms with Gasteiger partial charge in [0.2, 0.25) is 5.95 Å². The Kier molecular flexibility index (Phi) is 5.30. The lowest BCUT2D eigenvalue weighted by Crippen LogP contribution is -2.47. The van der Waals surface area contributed by atoms with Crippen molar-refractivity contribution in [2.45, 2.75) is 6.92 Å². The zero-order valence-electron chi connectivity index (χ0n) is 15.6. The third-order valence-electron chi connectivity index (χ3n) is 4.84. The van der Waals surface area contributed by atoms with Gasteiger partial charge < -0.3 is 15.1 Å². The van der Waals surface area contributed by atoms with E-state index in [4.69, 9.17) is 11.6 Å². The quantitative estimate of drug-likeness (QED) is 0.694. The lowest BCUT2D eigenvalue weighted by Gasteiger charge is -2.36. The minimum atomic E-state index is -0.213. The Labute approximate surface area is 168 Å². The zero-order valence-corrected chi connectivity index (χ0v) is 16.3. The Morgan fingerprint density at radius 1 is 0.964 bits per heavy atom. The summed E-state index contributed by atoms with van der Waals surface area (Å²) in [6.07, 6.45) is 1.76. The normalized spacial score (nSPS) is 14.2. The predicted octanol–water partition coefficient (Wildman–Crippen LogP) is 4.65. The lowest BCUT2D eigenvalue weighted by atomic mass is 10.2. The van der Waals surface area contributed by atoms with Crippen LogP contribution < -0.4 is 15.1 Å². The number of hydrogen-bond donors (Lipinski definition) is 1. The highest BCUT2D eigenvalue weighted by atomic mass is 35.5. The van der Waals surface area contributed by atoms with Gasteiger partial charge in [0.25, 0.3) is 0 Å². The first-order chi connectivity index (χ1) is 13.6. The van der Waals surface area contributed by atoms with Crippen molar-refractivity contribution in [1.29, 1.82) is 0 Å². The summed E-state index contributed by atoms with van der Waals surface area (Å²) in [5.74, 6) is 1.21. The molecule has 0 unspecified atom stereocenters. The van der Waals surface area contributed by atoms with E-state index in [0.717, 1.165) is 54.0 Å². The summed E-state index contributed by atoms with van der Waals surface area (Å²) in [6.45, 7) is 5.25. The average Bonchev–Trinajstić information content (AvgIpc) is 2.72. The smallest absolute Gasteiger partial charge is 0.227 e. The number of piperazine rings is 1. The molecule has 0 atom stereocenters. The van der Waals surface area contributed by atoms with Crippen LogP contribution in [-0.2, 0) is 0 Å². The number of aromatic nitrogens is 2. The SMILES string of the molecule is Cc1ccc(Nc2ccnc(N3CCN(c4ccc(F)cc4)CC3)n2)cc1Cl. The van der Waals surface area contributed by atoms with Crippen LogP contribution in [0.2, 0.25) is 5.02 Å². The van der Waals surface area contributed by atoms with Crippen molar-refractivity contribution in [3.05, 3.63) is 71.1 Å². The molecule has 4 rings (SSSR count). The molecule has 1 aromatic heterocycles. The van der Waals surface area contributed by atoms with E-state index in [1.165, 1.54) is 12.1 Å². The molecule has 3 aromatic rings. The molecule has 1 aliphatic heterocycles. The molecule has 0 radical (unpaired) electrons. The molecule has 1 aliphatic rings. The number of rotatable bonds is 4. The number of nitrogens with zero attached hydrogens (tertiary/aromatic N) is 4. The molecule has 1 fully saturated rings. The van der Waals surface area contributed by atoms with Crippen LogP contribution in [0.15, 0.2) is 54.7 Å². The minimum Gasteiger partial charge on any atom is -0.368 e. The second kappa shape index (κ2) is 8.02. The van der Waals surface area contributed by atoms with Gasteiger partial charge in [-0.1, -0.05) is 17.7 Å². The van der Waals surface area contributed by atoms with E-state index in [1.54, 1.807) is 6.20 Å². The summed E-state index contributed by atoms with van der Waals surface area (Å²) in [5.41, 5.74) is 2.96. The van der Waals surface area contributed by atoms with Crippen LogP contribution in [0, 0.1) is 12.7 Å². The molecular weight excluding hydrogens is 377 g/mol. The molecule has 2 heterocycles. The Balaban J connectivity index is 1.42. The first-order valence-corrected chi connectivity index (χ1v) is 9.58. The molecule has 7 heteroatoms. The van der Waals surface area contributed by atoms with Crippen LogP contribution in [0.1, 0.15) is 5.56 Å². The fraction of sp³-hybridized carbons (Fsp3) is 0.238. The Bertz CT molecular complexity index is 955. The van der Waals surface area contributed by atoms with Crippen LogP contribution in [0.25, 0.3) is 0 Å². The predicted molar refractivity (Wildman–Crippen MR) is 112 cm³/mol.